The van der Waals surface area contributed by atoms with E-state index in [2.05, 4.69) is 139 Å². The third-order valence-electron chi connectivity index (χ3n) is 9.06. The smallest absolute Gasteiger partial charge is 0.0562 e. The SMILES string of the molecule is CC1(C)c2ccccc2-c2ccc(N(c3ccc(Cl)cc3)c3cccc4c3c3ccccc3n4C3=CCCC=C3)cc21. The Kier molecular flexibility index (Phi) is 5.70. The van der Waals surface area contributed by atoms with Gasteiger partial charge in [-0.25, -0.2) is 0 Å². The molecule has 3 heteroatoms. The number of nitrogens with zero attached hydrogens (tertiary/aromatic N) is 2. The zero-order valence-corrected chi connectivity index (χ0v) is 24.6. The first-order valence-electron chi connectivity index (χ1n) is 14.7. The molecule has 0 fully saturated rings. The van der Waals surface area contributed by atoms with E-state index < -0.39 is 0 Å². The maximum atomic E-state index is 6.40. The quantitative estimate of drug-likeness (QED) is 0.207. The summed E-state index contributed by atoms with van der Waals surface area (Å²) in [4.78, 5) is 2.40. The van der Waals surface area contributed by atoms with E-state index in [9.17, 15) is 0 Å². The van der Waals surface area contributed by atoms with Crippen molar-refractivity contribution in [3.8, 4) is 11.1 Å². The van der Waals surface area contributed by atoms with E-state index in [-0.39, 0.29) is 5.41 Å². The summed E-state index contributed by atoms with van der Waals surface area (Å²) in [6.45, 7) is 4.68. The zero-order valence-electron chi connectivity index (χ0n) is 23.8. The predicted octanol–water partition coefficient (Wildman–Crippen LogP) is 11.4. The number of rotatable bonds is 4. The van der Waals surface area contributed by atoms with E-state index in [1.54, 1.807) is 0 Å². The predicted molar refractivity (Wildman–Crippen MR) is 179 cm³/mol. The first-order valence-corrected chi connectivity index (χ1v) is 15.1. The fourth-order valence-corrected chi connectivity index (χ4v) is 7.21. The van der Waals surface area contributed by atoms with Crippen molar-refractivity contribution in [2.24, 2.45) is 0 Å². The van der Waals surface area contributed by atoms with Crippen molar-refractivity contribution in [3.63, 3.8) is 0 Å². The lowest BCUT2D eigenvalue weighted by molar-refractivity contribution is 0.660. The normalized spacial score (nSPS) is 15.1. The number of benzene rings is 5. The molecule has 1 aromatic heterocycles. The van der Waals surface area contributed by atoms with Crippen LogP contribution in [0.25, 0.3) is 38.6 Å². The highest BCUT2D eigenvalue weighted by atomic mass is 35.5. The van der Waals surface area contributed by atoms with E-state index in [1.807, 2.05) is 12.1 Å². The Morgan fingerprint density at radius 2 is 1.43 bits per heavy atom. The number of allylic oxidation sites excluding steroid dienone is 4. The second-order valence-corrected chi connectivity index (χ2v) is 12.3. The highest BCUT2D eigenvalue weighted by Crippen LogP contribution is 2.51. The van der Waals surface area contributed by atoms with Gasteiger partial charge in [-0.2, -0.15) is 0 Å². The van der Waals surface area contributed by atoms with E-state index in [0.29, 0.717) is 0 Å². The van der Waals surface area contributed by atoms with Crippen LogP contribution in [0, 0.1) is 0 Å². The molecule has 0 saturated carbocycles. The van der Waals surface area contributed by atoms with Crippen LogP contribution in [0.4, 0.5) is 17.1 Å². The Morgan fingerprint density at radius 1 is 0.690 bits per heavy atom. The molecule has 0 amide bonds. The monoisotopic (exact) mass is 562 g/mol. The second-order valence-electron chi connectivity index (χ2n) is 11.8. The van der Waals surface area contributed by atoms with Crippen LogP contribution in [0.15, 0.2) is 127 Å². The van der Waals surface area contributed by atoms with Crippen molar-refractivity contribution >= 4 is 56.2 Å². The number of hydrogen-bond acceptors (Lipinski definition) is 1. The Balaban J connectivity index is 1.41. The van der Waals surface area contributed by atoms with Crippen molar-refractivity contribution in [3.05, 3.63) is 144 Å². The Labute approximate surface area is 251 Å². The van der Waals surface area contributed by atoms with Crippen LogP contribution in [0.3, 0.4) is 0 Å². The summed E-state index contributed by atoms with van der Waals surface area (Å²) in [5, 5.41) is 3.22. The molecular formula is C39H31ClN2. The zero-order chi connectivity index (χ0) is 28.4. The molecule has 0 N–H and O–H groups in total. The van der Waals surface area contributed by atoms with Crippen molar-refractivity contribution in [2.75, 3.05) is 4.90 Å². The van der Waals surface area contributed by atoms with Gasteiger partial charge in [-0.1, -0.05) is 92.2 Å². The van der Waals surface area contributed by atoms with E-state index >= 15 is 0 Å². The van der Waals surface area contributed by atoms with E-state index in [4.69, 9.17) is 11.6 Å². The third-order valence-corrected chi connectivity index (χ3v) is 9.31. The molecule has 0 bridgehead atoms. The highest BCUT2D eigenvalue weighted by molar-refractivity contribution is 6.30. The van der Waals surface area contributed by atoms with Gasteiger partial charge in [-0.3, -0.25) is 0 Å². The molecule has 204 valence electrons. The lowest BCUT2D eigenvalue weighted by Crippen LogP contribution is -2.16. The molecule has 1 heterocycles. The van der Waals surface area contributed by atoms with Crippen molar-refractivity contribution in [1.29, 1.82) is 0 Å². The standard InChI is InChI=1S/C39H31ClN2/c1-39(2)33-15-8-6-13-30(33)31-24-23-29(25-34(31)39)41(28-21-19-26(40)20-22-28)36-17-10-18-37-38(36)32-14-7-9-16-35(32)42(37)27-11-4-3-5-12-27/h4,6-25H,3,5H2,1-2H3. The van der Waals surface area contributed by atoms with Gasteiger partial charge in [0.05, 0.1) is 16.7 Å². The minimum absolute atomic E-state index is 0.0879. The Morgan fingerprint density at radius 3 is 2.26 bits per heavy atom. The fourth-order valence-electron chi connectivity index (χ4n) is 7.08. The minimum Gasteiger partial charge on any atom is -0.310 e. The molecule has 6 aromatic rings. The van der Waals surface area contributed by atoms with Crippen LogP contribution in [-0.2, 0) is 5.41 Å². The molecular weight excluding hydrogens is 532 g/mol. The molecule has 0 atom stereocenters. The summed E-state index contributed by atoms with van der Waals surface area (Å²) in [7, 11) is 0. The van der Waals surface area contributed by atoms with Crippen LogP contribution in [0.2, 0.25) is 5.02 Å². The van der Waals surface area contributed by atoms with Gasteiger partial charge in [0.1, 0.15) is 0 Å². The van der Waals surface area contributed by atoms with Crippen LogP contribution in [-0.4, -0.2) is 4.57 Å². The molecule has 0 unspecified atom stereocenters. The summed E-state index contributed by atoms with van der Waals surface area (Å²) in [5.74, 6) is 0. The first kappa shape index (κ1) is 25.2. The molecule has 0 spiro atoms. The number of halogens is 1. The summed E-state index contributed by atoms with van der Waals surface area (Å²) >= 11 is 6.40. The minimum atomic E-state index is -0.0879. The number of hydrogen-bond donors (Lipinski definition) is 0. The number of aromatic nitrogens is 1. The maximum absolute atomic E-state index is 6.40. The number of fused-ring (bicyclic) bond motifs is 6. The van der Waals surface area contributed by atoms with Gasteiger partial charge in [0.15, 0.2) is 0 Å². The second kappa shape index (κ2) is 9.51. The Hall–Kier alpha value is -4.53. The van der Waals surface area contributed by atoms with Crippen LogP contribution < -0.4 is 4.90 Å². The summed E-state index contributed by atoms with van der Waals surface area (Å²) in [5.41, 5.74) is 12.3. The lowest BCUT2D eigenvalue weighted by Gasteiger charge is -2.29. The van der Waals surface area contributed by atoms with Gasteiger partial charge in [0.2, 0.25) is 0 Å². The summed E-state index contributed by atoms with van der Waals surface area (Å²) < 4.78 is 2.42. The van der Waals surface area contributed by atoms with Gasteiger partial charge in [0, 0.05) is 38.3 Å². The van der Waals surface area contributed by atoms with Crippen molar-refractivity contribution in [1.82, 2.24) is 4.57 Å². The molecule has 2 nitrogen and oxygen atoms in total. The van der Waals surface area contributed by atoms with Crippen LogP contribution in [0.5, 0.6) is 0 Å². The average molecular weight is 563 g/mol. The van der Waals surface area contributed by atoms with Crippen LogP contribution in [0.1, 0.15) is 37.8 Å². The highest BCUT2D eigenvalue weighted by Gasteiger charge is 2.36. The Bertz CT molecular complexity index is 2070. The largest absolute Gasteiger partial charge is 0.310 e. The van der Waals surface area contributed by atoms with Crippen molar-refractivity contribution < 1.29 is 0 Å². The van der Waals surface area contributed by atoms with Gasteiger partial charge in [-0.05, 0) is 95.8 Å². The van der Waals surface area contributed by atoms with E-state index in [1.165, 1.54) is 49.8 Å². The molecule has 0 radical (unpaired) electrons. The molecule has 8 rings (SSSR count). The average Bonchev–Trinajstić information content (AvgIpc) is 3.48. The number of para-hydroxylation sites is 1. The van der Waals surface area contributed by atoms with Gasteiger partial charge in [-0.15, -0.1) is 0 Å². The third kappa shape index (κ3) is 3.72. The van der Waals surface area contributed by atoms with Gasteiger partial charge < -0.3 is 9.47 Å². The number of anilines is 3. The maximum Gasteiger partial charge on any atom is 0.0562 e. The molecule has 5 aromatic carbocycles. The molecule has 42 heavy (non-hydrogen) atoms. The van der Waals surface area contributed by atoms with Crippen molar-refractivity contribution in [2.45, 2.75) is 32.1 Å². The van der Waals surface area contributed by atoms with E-state index in [0.717, 1.165) is 34.9 Å². The van der Waals surface area contributed by atoms with Gasteiger partial charge in [0.25, 0.3) is 0 Å². The van der Waals surface area contributed by atoms with Crippen LogP contribution >= 0.6 is 11.6 Å². The summed E-state index contributed by atoms with van der Waals surface area (Å²) in [6, 6.07) is 39.5. The summed E-state index contributed by atoms with van der Waals surface area (Å²) in [6.07, 6.45) is 9.05. The molecule has 0 saturated heterocycles. The molecule has 0 aliphatic heterocycles. The van der Waals surface area contributed by atoms with Gasteiger partial charge >= 0.3 is 0 Å². The lowest BCUT2D eigenvalue weighted by atomic mass is 9.82. The molecule has 2 aliphatic carbocycles. The fraction of sp³-hybridized carbons (Fsp3) is 0.128. The molecule has 2 aliphatic rings. The topological polar surface area (TPSA) is 8.17 Å². The first-order chi connectivity index (χ1) is 20.5.